The molecule has 0 aromatic rings. The predicted octanol–water partition coefficient (Wildman–Crippen LogP) is 3.09. The van der Waals surface area contributed by atoms with Crippen LogP contribution in [0.25, 0.3) is 0 Å². The number of carbonyl (C=O) groups excluding carboxylic acids is 1. The summed E-state index contributed by atoms with van der Waals surface area (Å²) in [5.74, 6) is 0.579. The third kappa shape index (κ3) is 5.19. The molecule has 0 bridgehead atoms. The lowest BCUT2D eigenvalue weighted by atomic mass is 9.87. The maximum Gasteiger partial charge on any atom is 0.501 e. The number of hydrogen-bond acceptors (Lipinski definition) is 5. The van der Waals surface area contributed by atoms with E-state index < -0.39 is 8.80 Å². The van der Waals surface area contributed by atoms with E-state index in [9.17, 15) is 4.79 Å². The Labute approximate surface area is 121 Å². The molecular weight excluding hydrogens is 280 g/mol. The second kappa shape index (κ2) is 8.41. The summed E-state index contributed by atoms with van der Waals surface area (Å²) in [6.45, 7) is 1.64. The van der Waals surface area contributed by atoms with E-state index in [1.165, 1.54) is 43.9 Å². The van der Waals surface area contributed by atoms with Crippen LogP contribution in [0.15, 0.2) is 0 Å². The van der Waals surface area contributed by atoms with Gasteiger partial charge in [0.15, 0.2) is 5.12 Å². The fourth-order valence-corrected chi connectivity index (χ4v) is 6.43. The molecule has 112 valence electrons. The van der Waals surface area contributed by atoms with Crippen LogP contribution in [-0.2, 0) is 18.1 Å². The minimum Gasteiger partial charge on any atom is -0.377 e. The van der Waals surface area contributed by atoms with Gasteiger partial charge in [0, 0.05) is 39.5 Å². The van der Waals surface area contributed by atoms with Gasteiger partial charge in [-0.05, 0) is 18.8 Å². The number of carbonyl (C=O) groups is 1. The Bertz CT molecular complexity index is 270. The summed E-state index contributed by atoms with van der Waals surface area (Å²) in [6, 6.07) is 0.714. The van der Waals surface area contributed by atoms with Crippen molar-refractivity contribution in [3.8, 4) is 0 Å². The molecule has 19 heavy (non-hydrogen) atoms. The fourth-order valence-electron chi connectivity index (χ4n) is 2.77. The first-order valence-electron chi connectivity index (χ1n) is 6.89. The van der Waals surface area contributed by atoms with Gasteiger partial charge in [-0.15, -0.1) is 0 Å². The lowest BCUT2D eigenvalue weighted by Crippen LogP contribution is -2.46. The standard InChI is InChI=1S/C13H26O4SSi/c1-11(14)18-13(12-8-6-5-7-9-12)10-19(15-2,16-3)17-4/h12-13H,5-10H2,1-4H3. The molecule has 1 aliphatic rings. The average molecular weight is 306 g/mol. The molecule has 0 aliphatic heterocycles. The smallest absolute Gasteiger partial charge is 0.377 e. The number of rotatable bonds is 7. The lowest BCUT2D eigenvalue weighted by Gasteiger charge is -2.33. The molecule has 1 saturated carbocycles. The first-order valence-corrected chi connectivity index (χ1v) is 9.70. The van der Waals surface area contributed by atoms with Crippen molar-refractivity contribution in [3.63, 3.8) is 0 Å². The summed E-state index contributed by atoms with van der Waals surface area (Å²) in [5.41, 5.74) is 0. The minimum atomic E-state index is -2.60. The van der Waals surface area contributed by atoms with E-state index in [0.29, 0.717) is 12.0 Å². The van der Waals surface area contributed by atoms with Gasteiger partial charge in [0.05, 0.1) is 0 Å². The minimum absolute atomic E-state index is 0.168. The van der Waals surface area contributed by atoms with Crippen molar-refractivity contribution in [2.75, 3.05) is 21.3 Å². The first-order chi connectivity index (χ1) is 9.06. The maximum atomic E-state index is 11.5. The monoisotopic (exact) mass is 306 g/mol. The molecule has 1 rings (SSSR count). The largest absolute Gasteiger partial charge is 0.501 e. The molecule has 0 radical (unpaired) electrons. The van der Waals surface area contributed by atoms with Crippen LogP contribution in [0.2, 0.25) is 6.04 Å². The van der Waals surface area contributed by atoms with Crippen molar-refractivity contribution in [2.24, 2.45) is 5.92 Å². The second-order valence-corrected chi connectivity index (χ2v) is 9.46. The van der Waals surface area contributed by atoms with Crippen molar-refractivity contribution in [1.29, 1.82) is 0 Å². The summed E-state index contributed by atoms with van der Waals surface area (Å²) >= 11 is 1.43. The lowest BCUT2D eigenvalue weighted by molar-refractivity contribution is -0.109. The molecule has 0 saturated heterocycles. The first kappa shape index (κ1) is 17.2. The van der Waals surface area contributed by atoms with E-state index in [4.69, 9.17) is 13.3 Å². The third-order valence-electron chi connectivity index (χ3n) is 3.88. The van der Waals surface area contributed by atoms with Gasteiger partial charge in [0.2, 0.25) is 0 Å². The topological polar surface area (TPSA) is 44.8 Å². The molecule has 0 aromatic carbocycles. The Kier molecular flexibility index (Phi) is 7.60. The highest BCUT2D eigenvalue weighted by Crippen LogP contribution is 2.37. The Morgan fingerprint density at radius 2 is 1.68 bits per heavy atom. The Morgan fingerprint density at radius 3 is 2.11 bits per heavy atom. The highest BCUT2D eigenvalue weighted by Gasteiger charge is 2.43. The van der Waals surface area contributed by atoms with E-state index in [2.05, 4.69) is 0 Å². The van der Waals surface area contributed by atoms with Crippen LogP contribution in [0.3, 0.4) is 0 Å². The molecular formula is C13H26O4SSi. The predicted molar refractivity (Wildman–Crippen MR) is 80.2 cm³/mol. The second-order valence-electron chi connectivity index (χ2n) is 5.05. The number of hydrogen-bond donors (Lipinski definition) is 0. The van der Waals surface area contributed by atoms with Crippen LogP contribution >= 0.6 is 11.8 Å². The fraction of sp³-hybridized carbons (Fsp3) is 0.923. The molecule has 4 nitrogen and oxygen atoms in total. The Balaban J connectivity index is 2.74. The summed E-state index contributed by atoms with van der Waals surface area (Å²) in [7, 11) is 2.30. The zero-order valence-electron chi connectivity index (χ0n) is 12.4. The average Bonchev–Trinajstić information content (AvgIpc) is 2.44. The Morgan fingerprint density at radius 1 is 1.16 bits per heavy atom. The van der Waals surface area contributed by atoms with E-state index >= 15 is 0 Å². The van der Waals surface area contributed by atoms with Crippen molar-refractivity contribution < 1.29 is 18.1 Å². The third-order valence-corrected chi connectivity index (χ3v) is 8.17. The van der Waals surface area contributed by atoms with Crippen molar-refractivity contribution in [3.05, 3.63) is 0 Å². The van der Waals surface area contributed by atoms with Gasteiger partial charge in [-0.25, -0.2) is 0 Å². The van der Waals surface area contributed by atoms with Gasteiger partial charge in [0.25, 0.3) is 0 Å². The molecule has 1 unspecified atom stereocenters. The van der Waals surface area contributed by atoms with Crippen molar-refractivity contribution >= 4 is 25.7 Å². The quantitative estimate of drug-likeness (QED) is 0.676. The van der Waals surface area contributed by atoms with E-state index in [1.807, 2.05) is 0 Å². The maximum absolute atomic E-state index is 11.5. The summed E-state index contributed by atoms with van der Waals surface area (Å²) in [5, 5.41) is 0.422. The Hall–Kier alpha value is 0.117. The van der Waals surface area contributed by atoms with Gasteiger partial charge in [-0.2, -0.15) is 0 Å². The van der Waals surface area contributed by atoms with Crippen LogP contribution < -0.4 is 0 Å². The highest BCUT2D eigenvalue weighted by molar-refractivity contribution is 8.14. The van der Waals surface area contributed by atoms with Crippen molar-refractivity contribution in [1.82, 2.24) is 0 Å². The molecule has 0 aromatic heterocycles. The van der Waals surface area contributed by atoms with Gasteiger partial charge in [0.1, 0.15) is 0 Å². The van der Waals surface area contributed by atoms with Gasteiger partial charge >= 0.3 is 8.80 Å². The van der Waals surface area contributed by atoms with Crippen LogP contribution in [0.4, 0.5) is 0 Å². The number of thioether (sulfide) groups is 1. The van der Waals surface area contributed by atoms with E-state index in [1.54, 1.807) is 28.3 Å². The van der Waals surface area contributed by atoms with Crippen LogP contribution in [0.5, 0.6) is 0 Å². The van der Waals surface area contributed by atoms with Crippen LogP contribution in [-0.4, -0.2) is 40.5 Å². The summed E-state index contributed by atoms with van der Waals surface area (Å²) in [6.07, 6.45) is 6.25. The summed E-state index contributed by atoms with van der Waals surface area (Å²) < 4.78 is 16.5. The van der Waals surface area contributed by atoms with E-state index in [-0.39, 0.29) is 10.4 Å². The van der Waals surface area contributed by atoms with Crippen LogP contribution in [0, 0.1) is 5.92 Å². The SMILES string of the molecule is CO[Si](CC(SC(C)=O)C1CCCCC1)(OC)OC. The van der Waals surface area contributed by atoms with Gasteiger partial charge in [-0.3, -0.25) is 4.79 Å². The highest BCUT2D eigenvalue weighted by atomic mass is 32.2. The zero-order valence-corrected chi connectivity index (χ0v) is 14.3. The van der Waals surface area contributed by atoms with Crippen molar-refractivity contribution in [2.45, 2.75) is 50.3 Å². The molecule has 0 heterocycles. The van der Waals surface area contributed by atoms with Crippen LogP contribution in [0.1, 0.15) is 39.0 Å². The zero-order chi connectivity index (χ0) is 14.3. The summed E-state index contributed by atoms with van der Waals surface area (Å²) in [4.78, 5) is 11.5. The van der Waals surface area contributed by atoms with Gasteiger partial charge in [-0.1, -0.05) is 31.0 Å². The molecule has 1 fully saturated rings. The molecule has 1 aliphatic carbocycles. The molecule has 6 heteroatoms. The molecule has 0 N–H and O–H groups in total. The molecule has 0 spiro atoms. The van der Waals surface area contributed by atoms with Gasteiger partial charge < -0.3 is 13.3 Å². The van der Waals surface area contributed by atoms with E-state index in [0.717, 1.165) is 0 Å². The molecule has 1 atom stereocenters. The molecule has 0 amide bonds. The normalized spacial score (nSPS) is 19.4.